The maximum Gasteiger partial charge on any atom is 0.172 e. The van der Waals surface area contributed by atoms with Crippen LogP contribution in [0.5, 0.6) is 0 Å². The standard InChI is InChI=1S/C14H20FN3O/c1-9-3-4-10(2)18(8-9)13-6-5-11(15)7-12(13)14(16)17-19/h5-7,9-10,19H,3-4,8H2,1-2H3,(H2,16,17). The van der Waals surface area contributed by atoms with Crippen molar-refractivity contribution in [3.63, 3.8) is 0 Å². The molecule has 0 aromatic heterocycles. The first kappa shape index (κ1) is 13.6. The highest BCUT2D eigenvalue weighted by Gasteiger charge is 2.25. The van der Waals surface area contributed by atoms with Crippen molar-refractivity contribution in [2.24, 2.45) is 16.8 Å². The predicted octanol–water partition coefficient (Wildman–Crippen LogP) is 2.54. The van der Waals surface area contributed by atoms with Crippen molar-refractivity contribution in [1.82, 2.24) is 0 Å². The molecule has 0 amide bonds. The quantitative estimate of drug-likeness (QED) is 0.374. The van der Waals surface area contributed by atoms with Gasteiger partial charge in [0, 0.05) is 23.8 Å². The second-order valence-corrected chi connectivity index (χ2v) is 5.33. The number of hydrogen-bond donors (Lipinski definition) is 2. The third kappa shape index (κ3) is 2.80. The topological polar surface area (TPSA) is 61.8 Å². The Morgan fingerprint density at radius 3 is 2.84 bits per heavy atom. The molecule has 0 bridgehead atoms. The number of amidine groups is 1. The Balaban J connectivity index is 2.43. The lowest BCUT2D eigenvalue weighted by Gasteiger charge is -2.39. The van der Waals surface area contributed by atoms with Crippen LogP contribution in [0, 0.1) is 11.7 Å². The summed E-state index contributed by atoms with van der Waals surface area (Å²) in [7, 11) is 0. The Morgan fingerprint density at radius 2 is 2.16 bits per heavy atom. The molecule has 1 heterocycles. The van der Waals surface area contributed by atoms with Crippen molar-refractivity contribution in [2.75, 3.05) is 11.4 Å². The molecule has 0 spiro atoms. The Kier molecular flexibility index (Phi) is 3.93. The van der Waals surface area contributed by atoms with E-state index in [1.54, 1.807) is 6.07 Å². The Labute approximate surface area is 112 Å². The van der Waals surface area contributed by atoms with Crippen LogP contribution in [0.1, 0.15) is 32.3 Å². The molecule has 3 N–H and O–H groups in total. The van der Waals surface area contributed by atoms with Gasteiger partial charge < -0.3 is 15.8 Å². The van der Waals surface area contributed by atoms with Crippen molar-refractivity contribution in [1.29, 1.82) is 0 Å². The van der Waals surface area contributed by atoms with E-state index in [4.69, 9.17) is 10.9 Å². The van der Waals surface area contributed by atoms with Gasteiger partial charge in [-0.2, -0.15) is 0 Å². The Bertz CT molecular complexity index is 490. The van der Waals surface area contributed by atoms with Gasteiger partial charge in [-0.05, 0) is 43.9 Å². The van der Waals surface area contributed by atoms with Gasteiger partial charge in [-0.3, -0.25) is 0 Å². The van der Waals surface area contributed by atoms with Crippen LogP contribution in [0.3, 0.4) is 0 Å². The van der Waals surface area contributed by atoms with E-state index in [1.807, 2.05) is 0 Å². The van der Waals surface area contributed by atoms with Crippen LogP contribution in [0.25, 0.3) is 0 Å². The molecule has 1 aliphatic heterocycles. The summed E-state index contributed by atoms with van der Waals surface area (Å²) in [5.41, 5.74) is 6.93. The molecule has 19 heavy (non-hydrogen) atoms. The predicted molar refractivity (Wildman–Crippen MR) is 74.1 cm³/mol. The fourth-order valence-electron chi connectivity index (χ4n) is 2.64. The number of nitrogens with zero attached hydrogens (tertiary/aromatic N) is 2. The molecule has 2 atom stereocenters. The molecular weight excluding hydrogens is 245 g/mol. The molecule has 4 nitrogen and oxygen atoms in total. The minimum absolute atomic E-state index is 0.0556. The van der Waals surface area contributed by atoms with Gasteiger partial charge in [0.25, 0.3) is 0 Å². The van der Waals surface area contributed by atoms with E-state index in [0.717, 1.165) is 18.7 Å². The Morgan fingerprint density at radius 1 is 1.42 bits per heavy atom. The van der Waals surface area contributed by atoms with Crippen LogP contribution in [0.4, 0.5) is 10.1 Å². The average molecular weight is 265 g/mol. The maximum atomic E-state index is 13.4. The van der Waals surface area contributed by atoms with Crippen molar-refractivity contribution in [2.45, 2.75) is 32.7 Å². The molecule has 2 rings (SSSR count). The van der Waals surface area contributed by atoms with Gasteiger partial charge >= 0.3 is 0 Å². The van der Waals surface area contributed by atoms with E-state index in [9.17, 15) is 4.39 Å². The second kappa shape index (κ2) is 5.47. The van der Waals surface area contributed by atoms with E-state index in [1.165, 1.54) is 18.6 Å². The SMILES string of the molecule is CC1CCC(C)N(c2ccc(F)cc2C(N)=NO)C1. The summed E-state index contributed by atoms with van der Waals surface area (Å²) in [6.07, 6.45) is 2.28. The molecule has 1 aromatic carbocycles. The first-order valence-electron chi connectivity index (χ1n) is 6.57. The van der Waals surface area contributed by atoms with E-state index in [-0.39, 0.29) is 11.7 Å². The first-order valence-corrected chi connectivity index (χ1v) is 6.57. The van der Waals surface area contributed by atoms with E-state index >= 15 is 0 Å². The van der Waals surface area contributed by atoms with Gasteiger partial charge in [-0.15, -0.1) is 0 Å². The fraction of sp³-hybridized carbons (Fsp3) is 0.500. The lowest BCUT2D eigenvalue weighted by Crippen LogP contribution is -2.42. The molecular formula is C14H20FN3O. The van der Waals surface area contributed by atoms with Gasteiger partial charge in [-0.1, -0.05) is 12.1 Å². The number of piperidine rings is 1. The van der Waals surface area contributed by atoms with E-state index < -0.39 is 0 Å². The summed E-state index contributed by atoms with van der Waals surface area (Å²) >= 11 is 0. The number of halogens is 1. The van der Waals surface area contributed by atoms with Gasteiger partial charge in [0.15, 0.2) is 5.84 Å². The van der Waals surface area contributed by atoms with Crippen molar-refractivity contribution < 1.29 is 9.60 Å². The van der Waals surface area contributed by atoms with Crippen molar-refractivity contribution in [3.05, 3.63) is 29.6 Å². The van der Waals surface area contributed by atoms with Crippen LogP contribution < -0.4 is 10.6 Å². The van der Waals surface area contributed by atoms with Crippen LogP contribution in [-0.2, 0) is 0 Å². The third-order valence-corrected chi connectivity index (χ3v) is 3.77. The van der Waals surface area contributed by atoms with Gasteiger partial charge in [0.1, 0.15) is 5.82 Å². The number of nitrogens with two attached hydrogens (primary N) is 1. The van der Waals surface area contributed by atoms with Crippen molar-refractivity contribution in [3.8, 4) is 0 Å². The second-order valence-electron chi connectivity index (χ2n) is 5.33. The normalized spacial score (nSPS) is 24.6. The third-order valence-electron chi connectivity index (χ3n) is 3.77. The molecule has 0 aliphatic carbocycles. The molecule has 0 saturated carbocycles. The summed E-state index contributed by atoms with van der Waals surface area (Å²) in [5.74, 6) is 0.143. The molecule has 5 heteroatoms. The highest BCUT2D eigenvalue weighted by molar-refractivity contribution is 6.02. The summed E-state index contributed by atoms with van der Waals surface area (Å²) in [6, 6.07) is 4.80. The monoisotopic (exact) mass is 265 g/mol. The number of oxime groups is 1. The molecule has 2 unspecified atom stereocenters. The highest BCUT2D eigenvalue weighted by atomic mass is 19.1. The highest BCUT2D eigenvalue weighted by Crippen LogP contribution is 2.30. The number of benzene rings is 1. The fourth-order valence-corrected chi connectivity index (χ4v) is 2.64. The molecule has 1 aliphatic rings. The summed E-state index contributed by atoms with van der Waals surface area (Å²) < 4.78 is 13.4. The van der Waals surface area contributed by atoms with Crippen LogP contribution in [0.2, 0.25) is 0 Å². The summed E-state index contributed by atoms with van der Waals surface area (Å²) in [6.45, 7) is 5.25. The molecule has 104 valence electrons. The number of rotatable bonds is 2. The van der Waals surface area contributed by atoms with E-state index in [0.29, 0.717) is 17.5 Å². The largest absolute Gasteiger partial charge is 0.409 e. The minimum atomic E-state index is -0.386. The average Bonchev–Trinajstić information content (AvgIpc) is 2.41. The van der Waals surface area contributed by atoms with Gasteiger partial charge in [0.05, 0.1) is 0 Å². The zero-order chi connectivity index (χ0) is 14.0. The van der Waals surface area contributed by atoms with Gasteiger partial charge in [0.2, 0.25) is 0 Å². The lowest BCUT2D eigenvalue weighted by molar-refractivity contribution is 0.318. The Hall–Kier alpha value is -1.78. The van der Waals surface area contributed by atoms with Crippen LogP contribution >= 0.6 is 0 Å². The molecule has 0 radical (unpaired) electrons. The maximum absolute atomic E-state index is 13.4. The minimum Gasteiger partial charge on any atom is -0.409 e. The molecule has 1 saturated heterocycles. The zero-order valence-electron chi connectivity index (χ0n) is 11.3. The van der Waals surface area contributed by atoms with E-state index in [2.05, 4.69) is 23.9 Å². The number of hydrogen-bond acceptors (Lipinski definition) is 3. The van der Waals surface area contributed by atoms with Crippen molar-refractivity contribution >= 4 is 11.5 Å². The summed E-state index contributed by atoms with van der Waals surface area (Å²) in [5, 5.41) is 11.8. The lowest BCUT2D eigenvalue weighted by atomic mass is 9.93. The summed E-state index contributed by atoms with van der Waals surface area (Å²) in [4.78, 5) is 2.21. The molecule has 1 aromatic rings. The van der Waals surface area contributed by atoms with Crippen LogP contribution in [0.15, 0.2) is 23.4 Å². The first-order chi connectivity index (χ1) is 9.02. The van der Waals surface area contributed by atoms with Gasteiger partial charge in [-0.25, -0.2) is 4.39 Å². The molecule has 1 fully saturated rings. The zero-order valence-corrected chi connectivity index (χ0v) is 11.3. The smallest absolute Gasteiger partial charge is 0.172 e. The number of anilines is 1. The van der Waals surface area contributed by atoms with Crippen LogP contribution in [-0.4, -0.2) is 23.6 Å².